The van der Waals surface area contributed by atoms with E-state index in [0.717, 1.165) is 24.8 Å². The van der Waals surface area contributed by atoms with E-state index in [4.69, 9.17) is 4.52 Å². The number of aromatic nitrogens is 3. The smallest absolute Gasteiger partial charge is 0.259 e. The number of hydrogen-bond acceptors (Lipinski definition) is 6. The van der Waals surface area contributed by atoms with Crippen molar-refractivity contribution >= 4 is 11.8 Å². The Hall–Kier alpha value is -2.77. The average Bonchev–Trinajstić information content (AvgIpc) is 3.37. The van der Waals surface area contributed by atoms with Crippen LogP contribution in [0.5, 0.6) is 0 Å². The molecule has 2 aliphatic heterocycles. The minimum atomic E-state index is -0.376. The maximum atomic E-state index is 12.7. The summed E-state index contributed by atoms with van der Waals surface area (Å²) in [6, 6.07) is 3.33. The van der Waals surface area contributed by atoms with E-state index in [9.17, 15) is 9.59 Å². The summed E-state index contributed by atoms with van der Waals surface area (Å²) in [6.07, 6.45) is 6.37. The van der Waals surface area contributed by atoms with Crippen LogP contribution in [0.3, 0.4) is 0 Å². The zero-order chi connectivity index (χ0) is 18.8. The second-order valence-corrected chi connectivity index (χ2v) is 7.17. The van der Waals surface area contributed by atoms with Crippen molar-refractivity contribution in [3.8, 4) is 11.5 Å². The Morgan fingerprint density at radius 1 is 1.30 bits per heavy atom. The summed E-state index contributed by atoms with van der Waals surface area (Å²) < 4.78 is 5.37. The highest BCUT2D eigenvalue weighted by Crippen LogP contribution is 2.28. The van der Waals surface area contributed by atoms with Crippen molar-refractivity contribution in [1.29, 1.82) is 0 Å². The molecule has 0 saturated carbocycles. The van der Waals surface area contributed by atoms with Crippen molar-refractivity contribution in [2.24, 2.45) is 0 Å². The van der Waals surface area contributed by atoms with Gasteiger partial charge in [-0.1, -0.05) is 5.16 Å². The average molecular weight is 369 g/mol. The van der Waals surface area contributed by atoms with Crippen molar-refractivity contribution in [2.45, 2.75) is 44.6 Å². The number of hydrogen-bond donors (Lipinski definition) is 0. The van der Waals surface area contributed by atoms with Crippen molar-refractivity contribution in [3.05, 3.63) is 30.4 Å². The molecule has 1 atom stereocenters. The van der Waals surface area contributed by atoms with E-state index in [2.05, 4.69) is 15.1 Å². The van der Waals surface area contributed by atoms with Crippen LogP contribution in [0.1, 0.15) is 44.3 Å². The fraction of sp³-hybridized carbons (Fsp3) is 0.526. The number of rotatable bonds is 4. The van der Waals surface area contributed by atoms with Gasteiger partial charge in [0.2, 0.25) is 11.8 Å². The lowest BCUT2D eigenvalue weighted by Gasteiger charge is -2.34. The second-order valence-electron chi connectivity index (χ2n) is 7.17. The molecule has 0 unspecified atom stereocenters. The standard InChI is InChI=1S/C19H23N5O3/c1-13(24-9-3-5-16(24)25)19(26)23-10-6-14(7-11-23)17-21-18(27-22-17)15-4-2-8-20-12-15/h2,4,8,12-14H,3,5-7,9-11H2,1H3/t13-/m1/s1. The molecule has 0 spiro atoms. The number of piperidine rings is 1. The van der Waals surface area contributed by atoms with Crippen LogP contribution >= 0.6 is 0 Å². The van der Waals surface area contributed by atoms with Gasteiger partial charge in [-0.25, -0.2) is 0 Å². The van der Waals surface area contributed by atoms with E-state index in [0.29, 0.717) is 37.8 Å². The summed E-state index contributed by atoms with van der Waals surface area (Å²) in [5.41, 5.74) is 0.799. The van der Waals surface area contributed by atoms with Gasteiger partial charge in [-0.15, -0.1) is 0 Å². The molecular weight excluding hydrogens is 346 g/mol. The van der Waals surface area contributed by atoms with Crippen LogP contribution in [0.15, 0.2) is 29.0 Å². The van der Waals surface area contributed by atoms with Gasteiger partial charge in [0.15, 0.2) is 5.82 Å². The fourth-order valence-corrected chi connectivity index (χ4v) is 3.84. The van der Waals surface area contributed by atoms with E-state index in [1.54, 1.807) is 17.3 Å². The lowest BCUT2D eigenvalue weighted by Crippen LogP contribution is -2.49. The molecule has 2 fully saturated rings. The Bertz CT molecular complexity index is 814. The van der Waals surface area contributed by atoms with E-state index in [1.165, 1.54) is 0 Å². The Morgan fingerprint density at radius 3 is 2.78 bits per heavy atom. The van der Waals surface area contributed by atoms with Gasteiger partial charge in [0.25, 0.3) is 5.89 Å². The molecule has 4 heterocycles. The molecule has 8 heteroatoms. The lowest BCUT2D eigenvalue weighted by molar-refractivity contribution is -0.143. The minimum absolute atomic E-state index is 0.0351. The molecule has 27 heavy (non-hydrogen) atoms. The number of pyridine rings is 1. The highest BCUT2D eigenvalue weighted by molar-refractivity contribution is 5.88. The van der Waals surface area contributed by atoms with E-state index in [1.807, 2.05) is 24.0 Å². The summed E-state index contributed by atoms with van der Waals surface area (Å²) in [6.45, 7) is 3.80. The van der Waals surface area contributed by atoms with Gasteiger partial charge in [-0.3, -0.25) is 14.6 Å². The summed E-state index contributed by atoms with van der Waals surface area (Å²) in [5.74, 6) is 1.45. The summed E-state index contributed by atoms with van der Waals surface area (Å²) >= 11 is 0. The molecule has 0 aromatic carbocycles. The Morgan fingerprint density at radius 2 is 2.11 bits per heavy atom. The maximum absolute atomic E-state index is 12.7. The third-order valence-electron chi connectivity index (χ3n) is 5.46. The van der Waals surface area contributed by atoms with E-state index in [-0.39, 0.29) is 23.8 Å². The molecule has 0 bridgehead atoms. The normalized spacial score (nSPS) is 19.5. The first-order valence-corrected chi connectivity index (χ1v) is 9.46. The van der Waals surface area contributed by atoms with Crippen LogP contribution in [-0.4, -0.2) is 62.4 Å². The third kappa shape index (κ3) is 3.56. The Labute approximate surface area is 157 Å². The van der Waals surface area contributed by atoms with Gasteiger partial charge in [-0.2, -0.15) is 4.98 Å². The van der Waals surface area contributed by atoms with Gasteiger partial charge in [0.1, 0.15) is 6.04 Å². The van der Waals surface area contributed by atoms with Crippen LogP contribution in [0.4, 0.5) is 0 Å². The highest BCUT2D eigenvalue weighted by Gasteiger charge is 2.34. The zero-order valence-electron chi connectivity index (χ0n) is 15.4. The van der Waals surface area contributed by atoms with Crippen LogP contribution in [0.25, 0.3) is 11.5 Å². The first-order valence-electron chi connectivity index (χ1n) is 9.46. The predicted octanol–water partition coefficient (Wildman–Crippen LogP) is 1.85. The minimum Gasteiger partial charge on any atom is -0.341 e. The Balaban J connectivity index is 1.36. The van der Waals surface area contributed by atoms with Crippen LogP contribution in [0.2, 0.25) is 0 Å². The van der Waals surface area contributed by atoms with Crippen LogP contribution in [0, 0.1) is 0 Å². The molecule has 0 aliphatic carbocycles. The maximum Gasteiger partial charge on any atom is 0.259 e. The monoisotopic (exact) mass is 369 g/mol. The quantitative estimate of drug-likeness (QED) is 0.817. The first kappa shape index (κ1) is 17.6. The largest absolute Gasteiger partial charge is 0.341 e. The topological polar surface area (TPSA) is 92.4 Å². The number of nitrogens with zero attached hydrogens (tertiary/aromatic N) is 5. The van der Waals surface area contributed by atoms with Crippen LogP contribution in [-0.2, 0) is 9.59 Å². The number of likely N-dealkylation sites (tertiary alicyclic amines) is 2. The van der Waals surface area contributed by atoms with Crippen molar-refractivity contribution < 1.29 is 14.1 Å². The molecular formula is C19H23N5O3. The molecule has 0 N–H and O–H groups in total. The van der Waals surface area contributed by atoms with E-state index >= 15 is 0 Å². The van der Waals surface area contributed by atoms with Gasteiger partial charge >= 0.3 is 0 Å². The van der Waals surface area contributed by atoms with Gasteiger partial charge < -0.3 is 14.3 Å². The predicted molar refractivity (Wildman–Crippen MR) is 96.5 cm³/mol. The zero-order valence-corrected chi connectivity index (χ0v) is 15.4. The van der Waals surface area contributed by atoms with Gasteiger partial charge in [0, 0.05) is 44.4 Å². The fourth-order valence-electron chi connectivity index (χ4n) is 3.84. The Kier molecular flexibility index (Phi) is 4.87. The molecule has 2 amide bonds. The van der Waals surface area contributed by atoms with Gasteiger partial charge in [-0.05, 0) is 38.3 Å². The second kappa shape index (κ2) is 7.46. The molecule has 2 aliphatic rings. The molecule has 4 rings (SSSR count). The summed E-state index contributed by atoms with van der Waals surface area (Å²) in [5, 5.41) is 4.12. The summed E-state index contributed by atoms with van der Waals surface area (Å²) in [4.78, 5) is 36.8. The molecule has 2 saturated heterocycles. The summed E-state index contributed by atoms with van der Waals surface area (Å²) in [7, 11) is 0. The lowest BCUT2D eigenvalue weighted by atomic mass is 9.95. The number of amides is 2. The van der Waals surface area contributed by atoms with Gasteiger partial charge in [0.05, 0.1) is 5.56 Å². The molecule has 2 aromatic rings. The van der Waals surface area contributed by atoms with Crippen molar-refractivity contribution in [3.63, 3.8) is 0 Å². The van der Waals surface area contributed by atoms with Crippen LogP contribution < -0.4 is 0 Å². The SMILES string of the molecule is C[C@H](C(=O)N1CCC(c2noc(-c3cccnc3)n2)CC1)N1CCCC1=O. The van der Waals surface area contributed by atoms with Crippen molar-refractivity contribution in [1.82, 2.24) is 24.9 Å². The highest BCUT2D eigenvalue weighted by atomic mass is 16.5. The first-order chi connectivity index (χ1) is 13.1. The molecule has 2 aromatic heterocycles. The number of carbonyl (C=O) groups is 2. The molecule has 8 nitrogen and oxygen atoms in total. The van der Waals surface area contributed by atoms with Crippen molar-refractivity contribution in [2.75, 3.05) is 19.6 Å². The third-order valence-corrected chi connectivity index (χ3v) is 5.46. The molecule has 0 radical (unpaired) electrons. The molecule has 142 valence electrons. The number of carbonyl (C=O) groups excluding carboxylic acids is 2. The van der Waals surface area contributed by atoms with E-state index < -0.39 is 0 Å².